The van der Waals surface area contributed by atoms with Crippen LogP contribution in [0.4, 0.5) is 13.2 Å². The largest absolute Gasteiger partial charge is 0.493 e. The lowest BCUT2D eigenvalue weighted by Crippen LogP contribution is -2.49. The zero-order valence-electron chi connectivity index (χ0n) is 22.8. The lowest BCUT2D eigenvalue weighted by atomic mass is 9.96. The monoisotopic (exact) mass is 531 g/mol. The average Bonchev–Trinajstić information content (AvgIpc) is 2.93. The Labute approximate surface area is 224 Å². The molecule has 2 aromatic carbocycles. The van der Waals surface area contributed by atoms with Crippen molar-refractivity contribution in [1.29, 1.82) is 0 Å². The molecule has 0 bridgehead atoms. The van der Waals surface area contributed by atoms with Crippen molar-refractivity contribution in [3.05, 3.63) is 64.2 Å². The van der Waals surface area contributed by atoms with E-state index in [-0.39, 0.29) is 17.5 Å². The van der Waals surface area contributed by atoms with Crippen LogP contribution in [0.15, 0.2) is 36.4 Å². The van der Waals surface area contributed by atoms with Crippen LogP contribution in [-0.2, 0) is 6.18 Å². The summed E-state index contributed by atoms with van der Waals surface area (Å²) >= 11 is 0. The summed E-state index contributed by atoms with van der Waals surface area (Å²) in [7, 11) is 0. The molecule has 0 aromatic heterocycles. The molecular formula is C30H40F3N3O2. The van der Waals surface area contributed by atoms with Crippen molar-refractivity contribution >= 4 is 5.91 Å². The van der Waals surface area contributed by atoms with E-state index in [1.807, 2.05) is 0 Å². The molecule has 0 saturated carbocycles. The first-order chi connectivity index (χ1) is 18.1. The van der Waals surface area contributed by atoms with Crippen LogP contribution >= 0.6 is 0 Å². The minimum atomic E-state index is -4.41. The Kier molecular flexibility index (Phi) is 9.36. The van der Waals surface area contributed by atoms with Gasteiger partial charge in [0, 0.05) is 44.3 Å². The van der Waals surface area contributed by atoms with Crippen molar-refractivity contribution < 1.29 is 22.7 Å². The van der Waals surface area contributed by atoms with Gasteiger partial charge < -0.3 is 14.5 Å². The molecule has 2 aliphatic rings. The smallest absolute Gasteiger partial charge is 0.416 e. The number of piperidine rings is 1. The Hall–Kier alpha value is -2.58. The zero-order chi connectivity index (χ0) is 27.3. The molecule has 2 fully saturated rings. The molecule has 2 saturated heterocycles. The van der Waals surface area contributed by atoms with Gasteiger partial charge in [0.2, 0.25) is 0 Å². The predicted molar refractivity (Wildman–Crippen MR) is 144 cm³/mol. The Morgan fingerprint density at radius 3 is 2.18 bits per heavy atom. The normalized spacial score (nSPS) is 18.4. The minimum Gasteiger partial charge on any atom is -0.493 e. The number of benzene rings is 2. The SMILES string of the molecule is Cc1c(OCCCN2CCCCC2)ccc(C(C)N2CCN(C(=O)c3ccc(C(F)(F)F)cc3)CC2)c1C. The van der Waals surface area contributed by atoms with E-state index in [0.29, 0.717) is 26.2 Å². The average molecular weight is 532 g/mol. The van der Waals surface area contributed by atoms with Crippen LogP contribution < -0.4 is 4.74 Å². The number of rotatable bonds is 8. The van der Waals surface area contributed by atoms with Gasteiger partial charge in [-0.3, -0.25) is 9.69 Å². The molecule has 2 aromatic rings. The Morgan fingerprint density at radius 2 is 1.55 bits per heavy atom. The Bertz CT molecular complexity index is 1070. The van der Waals surface area contributed by atoms with Gasteiger partial charge in [0.15, 0.2) is 0 Å². The number of ether oxygens (including phenoxy) is 1. The highest BCUT2D eigenvalue weighted by atomic mass is 19.4. The second-order valence-corrected chi connectivity index (χ2v) is 10.6. The lowest BCUT2D eigenvalue weighted by Gasteiger charge is -2.39. The second-order valence-electron chi connectivity index (χ2n) is 10.6. The molecule has 0 spiro atoms. The van der Waals surface area contributed by atoms with Crippen molar-refractivity contribution in [1.82, 2.24) is 14.7 Å². The quantitative estimate of drug-likeness (QED) is 0.386. The van der Waals surface area contributed by atoms with Gasteiger partial charge in [0.05, 0.1) is 12.2 Å². The van der Waals surface area contributed by atoms with Crippen LogP contribution in [0.3, 0.4) is 0 Å². The molecule has 8 heteroatoms. The molecule has 1 amide bonds. The van der Waals surface area contributed by atoms with E-state index in [0.717, 1.165) is 37.5 Å². The first-order valence-corrected chi connectivity index (χ1v) is 13.8. The predicted octanol–water partition coefficient (Wildman–Crippen LogP) is 6.10. The molecule has 0 N–H and O–H groups in total. The summed E-state index contributed by atoms with van der Waals surface area (Å²) < 4.78 is 44.7. The number of nitrogens with zero attached hydrogens (tertiary/aromatic N) is 3. The summed E-state index contributed by atoms with van der Waals surface area (Å²) in [5.74, 6) is 0.726. The van der Waals surface area contributed by atoms with Crippen LogP contribution in [0.1, 0.15) is 71.3 Å². The highest BCUT2D eigenvalue weighted by Gasteiger charge is 2.31. The molecule has 1 atom stereocenters. The first kappa shape index (κ1) is 28.4. The van der Waals surface area contributed by atoms with E-state index in [9.17, 15) is 18.0 Å². The molecule has 38 heavy (non-hydrogen) atoms. The van der Waals surface area contributed by atoms with Crippen LogP contribution in [0.25, 0.3) is 0 Å². The maximum Gasteiger partial charge on any atom is 0.416 e. The van der Waals surface area contributed by atoms with Gasteiger partial charge in [0.1, 0.15) is 5.75 Å². The van der Waals surface area contributed by atoms with Gasteiger partial charge in [-0.2, -0.15) is 13.2 Å². The molecule has 1 unspecified atom stereocenters. The molecule has 2 heterocycles. The van der Waals surface area contributed by atoms with Crippen molar-refractivity contribution in [2.24, 2.45) is 0 Å². The number of hydrogen-bond acceptors (Lipinski definition) is 4. The highest BCUT2D eigenvalue weighted by Crippen LogP contribution is 2.32. The van der Waals surface area contributed by atoms with Gasteiger partial charge >= 0.3 is 6.18 Å². The summed E-state index contributed by atoms with van der Waals surface area (Å²) in [5, 5.41) is 0. The van der Waals surface area contributed by atoms with Crippen molar-refractivity contribution in [3.63, 3.8) is 0 Å². The van der Waals surface area contributed by atoms with Crippen molar-refractivity contribution in [2.45, 2.75) is 58.7 Å². The maximum absolute atomic E-state index is 12.9. The van der Waals surface area contributed by atoms with E-state index in [4.69, 9.17) is 4.74 Å². The maximum atomic E-state index is 12.9. The fraction of sp³-hybridized carbons (Fsp3) is 0.567. The second kappa shape index (κ2) is 12.5. The van der Waals surface area contributed by atoms with E-state index >= 15 is 0 Å². The Balaban J connectivity index is 1.28. The third-order valence-electron chi connectivity index (χ3n) is 8.16. The molecule has 2 aliphatic heterocycles. The Morgan fingerprint density at radius 1 is 0.895 bits per heavy atom. The number of likely N-dealkylation sites (tertiary alicyclic amines) is 1. The lowest BCUT2D eigenvalue weighted by molar-refractivity contribution is -0.137. The first-order valence-electron chi connectivity index (χ1n) is 13.8. The fourth-order valence-electron chi connectivity index (χ4n) is 5.57. The summed E-state index contributed by atoms with van der Waals surface area (Å²) in [6.07, 6.45) is 0.600. The van der Waals surface area contributed by atoms with Gasteiger partial charge in [-0.15, -0.1) is 0 Å². The molecule has 0 aliphatic carbocycles. The molecule has 4 rings (SSSR count). The van der Waals surface area contributed by atoms with Crippen LogP contribution in [0.2, 0.25) is 0 Å². The van der Waals surface area contributed by atoms with Gasteiger partial charge in [-0.1, -0.05) is 12.5 Å². The number of amides is 1. The number of carbonyl (C=O) groups excluding carboxylic acids is 1. The van der Waals surface area contributed by atoms with Gasteiger partial charge in [-0.05, 0) is 100 Å². The molecule has 0 radical (unpaired) electrons. The number of piperazine rings is 1. The minimum absolute atomic E-state index is 0.185. The number of hydrogen-bond donors (Lipinski definition) is 0. The van der Waals surface area contributed by atoms with E-state index in [1.54, 1.807) is 4.90 Å². The summed E-state index contributed by atoms with van der Waals surface area (Å²) in [4.78, 5) is 19.5. The van der Waals surface area contributed by atoms with Gasteiger partial charge in [0.25, 0.3) is 5.91 Å². The standard InChI is InChI=1S/C30H40F3N3O2/c1-22-23(2)28(38-21-7-16-34-14-5-4-6-15-34)13-12-27(22)24(3)35-17-19-36(20-18-35)29(37)25-8-10-26(11-9-25)30(31,32)33/h8-13,24H,4-7,14-21H2,1-3H3. The highest BCUT2D eigenvalue weighted by molar-refractivity contribution is 5.94. The van der Waals surface area contributed by atoms with E-state index in [1.165, 1.54) is 61.2 Å². The molecular weight excluding hydrogens is 491 g/mol. The van der Waals surface area contributed by atoms with Crippen molar-refractivity contribution in [2.75, 3.05) is 52.4 Å². The summed E-state index contributed by atoms with van der Waals surface area (Å²) in [6, 6.07) is 8.90. The molecule has 5 nitrogen and oxygen atoms in total. The van der Waals surface area contributed by atoms with Crippen LogP contribution in [-0.4, -0.2) is 73.0 Å². The third kappa shape index (κ3) is 6.89. The topological polar surface area (TPSA) is 36.0 Å². The van der Waals surface area contributed by atoms with E-state index < -0.39 is 11.7 Å². The van der Waals surface area contributed by atoms with Crippen LogP contribution in [0.5, 0.6) is 5.75 Å². The number of carbonyl (C=O) groups is 1. The van der Waals surface area contributed by atoms with Crippen LogP contribution in [0, 0.1) is 13.8 Å². The van der Waals surface area contributed by atoms with Crippen molar-refractivity contribution in [3.8, 4) is 5.75 Å². The molecule has 208 valence electrons. The fourth-order valence-corrected chi connectivity index (χ4v) is 5.57. The number of halogens is 3. The summed E-state index contributed by atoms with van der Waals surface area (Å²) in [6.45, 7) is 13.2. The van der Waals surface area contributed by atoms with Gasteiger partial charge in [-0.25, -0.2) is 0 Å². The summed E-state index contributed by atoms with van der Waals surface area (Å²) in [5.41, 5.74) is 3.20. The number of alkyl halides is 3. The third-order valence-corrected chi connectivity index (χ3v) is 8.16. The zero-order valence-corrected chi connectivity index (χ0v) is 22.8. The van der Waals surface area contributed by atoms with E-state index in [2.05, 4.69) is 42.7 Å².